The van der Waals surface area contributed by atoms with Crippen molar-refractivity contribution in [1.82, 2.24) is 4.57 Å². The number of non-ortho nitro benzene ring substituents is 1. The molecule has 3 aromatic rings. The largest absolute Gasteiger partial charge is 0.317 e. The summed E-state index contributed by atoms with van der Waals surface area (Å²) >= 11 is 1.21. The molecule has 0 unspecified atom stereocenters. The van der Waals surface area contributed by atoms with E-state index in [0.29, 0.717) is 20.6 Å². The van der Waals surface area contributed by atoms with E-state index >= 15 is 0 Å². The molecular weight excluding hydrogens is 345 g/mol. The Morgan fingerprint density at radius 3 is 2.80 bits per heavy atom. The van der Waals surface area contributed by atoms with Crippen molar-refractivity contribution >= 4 is 39.2 Å². The van der Waals surface area contributed by atoms with Crippen molar-refractivity contribution in [2.24, 2.45) is 12.0 Å². The van der Waals surface area contributed by atoms with Crippen LogP contribution in [0.2, 0.25) is 0 Å². The monoisotopic (exact) mass is 357 g/mol. The molecule has 3 rings (SSSR count). The number of hydrogen-bond donors (Lipinski definition) is 0. The van der Waals surface area contributed by atoms with Crippen molar-refractivity contribution in [3.05, 3.63) is 74.8 Å². The van der Waals surface area contributed by atoms with E-state index in [1.54, 1.807) is 25.2 Å². The first kappa shape index (κ1) is 16.7. The molecule has 0 aliphatic carbocycles. The van der Waals surface area contributed by atoms with Gasteiger partial charge in [-0.2, -0.15) is 4.99 Å². The van der Waals surface area contributed by atoms with Gasteiger partial charge in [-0.1, -0.05) is 29.5 Å². The standard InChI is InChI=1S/C17H12FN3O3S/c1-20-16-13(18)6-3-7-14(16)25-17(20)19-15(22)9-8-11-4-2-5-12(10-11)21(23)24/h2-10H,1H3/b9-8+,19-17?. The van der Waals surface area contributed by atoms with Crippen molar-refractivity contribution in [3.8, 4) is 0 Å². The van der Waals surface area contributed by atoms with Gasteiger partial charge in [-0.25, -0.2) is 4.39 Å². The van der Waals surface area contributed by atoms with Crippen LogP contribution in [0.1, 0.15) is 5.56 Å². The van der Waals surface area contributed by atoms with Crippen LogP contribution in [-0.2, 0) is 11.8 Å². The molecule has 126 valence electrons. The van der Waals surface area contributed by atoms with E-state index in [4.69, 9.17) is 0 Å². The second kappa shape index (κ2) is 6.78. The summed E-state index contributed by atoms with van der Waals surface area (Å²) in [5, 5.41) is 10.7. The molecule has 0 saturated heterocycles. The van der Waals surface area contributed by atoms with Crippen molar-refractivity contribution in [2.75, 3.05) is 0 Å². The quantitative estimate of drug-likeness (QED) is 0.409. The number of aromatic nitrogens is 1. The number of nitro benzene ring substituents is 1. The second-order valence-electron chi connectivity index (χ2n) is 5.17. The van der Waals surface area contributed by atoms with Gasteiger partial charge in [-0.05, 0) is 23.8 Å². The van der Waals surface area contributed by atoms with Crippen LogP contribution in [0.5, 0.6) is 0 Å². The third-order valence-electron chi connectivity index (χ3n) is 3.48. The Morgan fingerprint density at radius 2 is 2.08 bits per heavy atom. The van der Waals surface area contributed by atoms with Gasteiger partial charge in [0.15, 0.2) is 4.80 Å². The molecule has 0 atom stereocenters. The van der Waals surface area contributed by atoms with E-state index in [2.05, 4.69) is 4.99 Å². The second-order valence-corrected chi connectivity index (χ2v) is 6.17. The third kappa shape index (κ3) is 3.53. The van der Waals surface area contributed by atoms with Gasteiger partial charge in [0.25, 0.3) is 11.6 Å². The highest BCUT2D eigenvalue weighted by Crippen LogP contribution is 2.19. The lowest BCUT2D eigenvalue weighted by molar-refractivity contribution is -0.384. The Balaban J connectivity index is 1.91. The fourth-order valence-electron chi connectivity index (χ4n) is 2.30. The molecule has 0 aliphatic heterocycles. The Hall–Kier alpha value is -3.13. The van der Waals surface area contributed by atoms with Crippen molar-refractivity contribution in [2.45, 2.75) is 0 Å². The molecule has 1 heterocycles. The van der Waals surface area contributed by atoms with E-state index < -0.39 is 10.8 Å². The first-order valence-electron chi connectivity index (χ1n) is 7.21. The highest BCUT2D eigenvalue weighted by atomic mass is 32.1. The number of halogens is 1. The van der Waals surface area contributed by atoms with Crippen LogP contribution in [0.15, 0.2) is 53.5 Å². The van der Waals surface area contributed by atoms with E-state index in [9.17, 15) is 19.3 Å². The Bertz CT molecular complexity index is 1080. The minimum atomic E-state index is -0.533. The van der Waals surface area contributed by atoms with Gasteiger partial charge in [0, 0.05) is 25.3 Å². The molecule has 0 N–H and O–H groups in total. The van der Waals surface area contributed by atoms with E-state index in [1.165, 1.54) is 52.3 Å². The summed E-state index contributed by atoms with van der Waals surface area (Å²) in [5.74, 6) is -0.911. The average Bonchev–Trinajstić information content (AvgIpc) is 2.90. The summed E-state index contributed by atoms with van der Waals surface area (Å²) in [7, 11) is 1.64. The van der Waals surface area contributed by atoms with Gasteiger partial charge in [0.1, 0.15) is 5.82 Å². The number of nitrogens with zero attached hydrogens (tertiary/aromatic N) is 3. The van der Waals surface area contributed by atoms with E-state index in [-0.39, 0.29) is 11.5 Å². The molecule has 6 nitrogen and oxygen atoms in total. The number of fused-ring (bicyclic) bond motifs is 1. The number of thiazole rings is 1. The summed E-state index contributed by atoms with van der Waals surface area (Å²) in [4.78, 5) is 26.6. The van der Waals surface area contributed by atoms with Gasteiger partial charge < -0.3 is 4.57 Å². The van der Waals surface area contributed by atoms with Crippen molar-refractivity contribution in [1.29, 1.82) is 0 Å². The van der Waals surface area contributed by atoms with Crippen LogP contribution >= 0.6 is 11.3 Å². The number of carbonyl (C=O) groups is 1. The number of amides is 1. The summed E-state index contributed by atoms with van der Waals surface area (Å²) in [6.07, 6.45) is 2.67. The highest BCUT2D eigenvalue weighted by Gasteiger charge is 2.08. The number of aryl methyl sites for hydroxylation is 1. The third-order valence-corrected chi connectivity index (χ3v) is 4.58. The van der Waals surface area contributed by atoms with Crippen LogP contribution in [0.3, 0.4) is 0 Å². The van der Waals surface area contributed by atoms with Gasteiger partial charge in [0.2, 0.25) is 0 Å². The minimum Gasteiger partial charge on any atom is -0.317 e. The number of nitro groups is 1. The van der Waals surface area contributed by atoms with Crippen molar-refractivity contribution < 1.29 is 14.1 Å². The fourth-order valence-corrected chi connectivity index (χ4v) is 3.34. The topological polar surface area (TPSA) is 77.5 Å². The zero-order valence-corrected chi connectivity index (χ0v) is 13.9. The number of para-hydroxylation sites is 1. The van der Waals surface area contributed by atoms with Crippen LogP contribution in [0.4, 0.5) is 10.1 Å². The maximum Gasteiger partial charge on any atom is 0.272 e. The molecule has 0 radical (unpaired) electrons. The molecule has 25 heavy (non-hydrogen) atoms. The lowest BCUT2D eigenvalue weighted by atomic mass is 10.2. The molecule has 8 heteroatoms. The molecule has 1 amide bonds. The fraction of sp³-hybridized carbons (Fsp3) is 0.0588. The molecule has 0 bridgehead atoms. The first-order chi connectivity index (χ1) is 12.0. The Morgan fingerprint density at radius 1 is 1.32 bits per heavy atom. The lowest BCUT2D eigenvalue weighted by Gasteiger charge is -1.96. The van der Waals surface area contributed by atoms with Gasteiger partial charge in [0.05, 0.1) is 15.1 Å². The van der Waals surface area contributed by atoms with Gasteiger partial charge in [-0.15, -0.1) is 0 Å². The van der Waals surface area contributed by atoms with Gasteiger partial charge >= 0.3 is 0 Å². The van der Waals surface area contributed by atoms with Crippen LogP contribution in [0.25, 0.3) is 16.3 Å². The number of benzene rings is 2. The molecular formula is C17H12FN3O3S. The normalized spacial score (nSPS) is 12.2. The minimum absolute atomic E-state index is 0.0575. The maximum absolute atomic E-state index is 13.9. The van der Waals surface area contributed by atoms with Crippen LogP contribution in [0, 0.1) is 15.9 Å². The first-order valence-corrected chi connectivity index (χ1v) is 8.02. The van der Waals surface area contributed by atoms with Crippen molar-refractivity contribution in [3.63, 3.8) is 0 Å². The van der Waals surface area contributed by atoms with E-state index in [1.807, 2.05) is 0 Å². The number of hydrogen-bond acceptors (Lipinski definition) is 4. The predicted molar refractivity (Wildman–Crippen MR) is 93.5 cm³/mol. The predicted octanol–water partition coefficient (Wildman–Crippen LogP) is 3.43. The summed E-state index contributed by atoms with van der Waals surface area (Å²) < 4.78 is 16.1. The van der Waals surface area contributed by atoms with Crippen LogP contribution in [-0.4, -0.2) is 15.4 Å². The molecule has 0 fully saturated rings. The highest BCUT2D eigenvalue weighted by molar-refractivity contribution is 7.16. The number of rotatable bonds is 3. The molecule has 0 aliphatic rings. The maximum atomic E-state index is 13.9. The van der Waals surface area contributed by atoms with Gasteiger partial charge in [-0.3, -0.25) is 14.9 Å². The van der Waals surface area contributed by atoms with Crippen LogP contribution < -0.4 is 4.80 Å². The van der Waals surface area contributed by atoms with E-state index in [0.717, 1.165) is 0 Å². The zero-order chi connectivity index (χ0) is 18.0. The molecule has 2 aromatic carbocycles. The Kier molecular flexibility index (Phi) is 4.53. The average molecular weight is 357 g/mol. The molecule has 0 spiro atoms. The summed E-state index contributed by atoms with van der Waals surface area (Å²) in [6.45, 7) is 0. The lowest BCUT2D eigenvalue weighted by Crippen LogP contribution is -2.12. The smallest absolute Gasteiger partial charge is 0.272 e. The summed E-state index contributed by atoms with van der Waals surface area (Å²) in [6, 6.07) is 10.6. The SMILES string of the molecule is Cn1c(=NC(=O)/C=C/c2cccc([N+](=O)[O-])c2)sc2cccc(F)c21. The zero-order valence-electron chi connectivity index (χ0n) is 13.0. The Labute approximate surface area is 145 Å². The number of carbonyl (C=O) groups excluding carboxylic acids is 1. The summed E-state index contributed by atoms with van der Waals surface area (Å²) in [5.41, 5.74) is 0.851. The molecule has 0 saturated carbocycles. The molecule has 1 aromatic heterocycles.